The number of para-hydroxylation sites is 1. The van der Waals surface area contributed by atoms with Gasteiger partial charge >= 0.3 is 5.97 Å². The lowest BCUT2D eigenvalue weighted by molar-refractivity contribution is -0.135. The highest BCUT2D eigenvalue weighted by molar-refractivity contribution is 6.01. The first-order valence-electron chi connectivity index (χ1n) is 8.22. The van der Waals surface area contributed by atoms with Crippen molar-refractivity contribution in [2.75, 3.05) is 12.4 Å². The Labute approximate surface area is 145 Å². The number of benzene rings is 2. The Morgan fingerprint density at radius 2 is 1.88 bits per heavy atom. The van der Waals surface area contributed by atoms with Gasteiger partial charge in [-0.1, -0.05) is 18.2 Å². The zero-order chi connectivity index (χ0) is 17.4. The molecule has 6 heteroatoms. The maximum absolute atomic E-state index is 12.3. The molecule has 4 rings (SSSR count). The molecule has 1 amide bonds. The van der Waals surface area contributed by atoms with Crippen LogP contribution in [0.3, 0.4) is 0 Å². The third-order valence-corrected chi connectivity index (χ3v) is 4.39. The Morgan fingerprint density at radius 3 is 2.64 bits per heavy atom. The number of fused-ring (bicyclic) bond motifs is 1. The van der Waals surface area contributed by atoms with Crippen LogP contribution in [0.4, 0.5) is 5.69 Å². The molecule has 0 spiro atoms. The van der Waals surface area contributed by atoms with Crippen molar-refractivity contribution >= 4 is 17.6 Å². The summed E-state index contributed by atoms with van der Waals surface area (Å²) >= 11 is 0. The molecule has 2 N–H and O–H groups in total. The van der Waals surface area contributed by atoms with Crippen molar-refractivity contribution in [1.29, 1.82) is 0 Å². The van der Waals surface area contributed by atoms with Crippen molar-refractivity contribution in [3.8, 4) is 11.5 Å². The van der Waals surface area contributed by atoms with E-state index in [1.807, 2.05) is 24.3 Å². The second-order valence-corrected chi connectivity index (χ2v) is 6.20. The SMILES string of the molecule is COc1cc([C@@H]2NC(=O)c3ccccc3N2)ccc1OC(=O)C1CC1. The van der Waals surface area contributed by atoms with Gasteiger partial charge in [0.05, 0.1) is 18.6 Å². The molecule has 25 heavy (non-hydrogen) atoms. The molecular formula is C19H18N2O4. The molecule has 128 valence electrons. The molecule has 0 saturated heterocycles. The Balaban J connectivity index is 1.58. The second-order valence-electron chi connectivity index (χ2n) is 6.20. The first-order valence-corrected chi connectivity index (χ1v) is 8.22. The van der Waals surface area contributed by atoms with Gasteiger partial charge in [0.2, 0.25) is 0 Å². The van der Waals surface area contributed by atoms with Crippen LogP contribution in [-0.2, 0) is 4.79 Å². The Hall–Kier alpha value is -3.02. The molecule has 0 unspecified atom stereocenters. The van der Waals surface area contributed by atoms with Gasteiger partial charge in [0.25, 0.3) is 5.91 Å². The third kappa shape index (κ3) is 3.03. The molecule has 0 aromatic heterocycles. The van der Waals surface area contributed by atoms with Gasteiger partial charge in [-0.3, -0.25) is 9.59 Å². The van der Waals surface area contributed by atoms with Crippen LogP contribution < -0.4 is 20.1 Å². The van der Waals surface area contributed by atoms with E-state index in [4.69, 9.17) is 9.47 Å². The summed E-state index contributed by atoms with van der Waals surface area (Å²) in [6.45, 7) is 0. The van der Waals surface area contributed by atoms with Gasteiger partial charge in [0.1, 0.15) is 6.17 Å². The number of carbonyl (C=O) groups excluding carboxylic acids is 2. The Kier molecular flexibility index (Phi) is 3.80. The largest absolute Gasteiger partial charge is 0.493 e. The van der Waals surface area contributed by atoms with Crippen molar-refractivity contribution in [3.63, 3.8) is 0 Å². The van der Waals surface area contributed by atoms with Gasteiger partial charge in [-0.2, -0.15) is 0 Å². The number of amides is 1. The predicted molar refractivity (Wildman–Crippen MR) is 91.6 cm³/mol. The molecular weight excluding hydrogens is 320 g/mol. The first-order chi connectivity index (χ1) is 12.2. The molecule has 2 aliphatic rings. The quantitative estimate of drug-likeness (QED) is 0.662. The van der Waals surface area contributed by atoms with Gasteiger partial charge in [0, 0.05) is 5.69 Å². The minimum absolute atomic E-state index is 0.0141. The number of methoxy groups -OCH3 is 1. The minimum Gasteiger partial charge on any atom is -0.493 e. The van der Waals surface area contributed by atoms with E-state index in [-0.39, 0.29) is 24.0 Å². The number of hydrogen-bond acceptors (Lipinski definition) is 5. The molecule has 1 fully saturated rings. The van der Waals surface area contributed by atoms with Crippen LogP contribution in [0.5, 0.6) is 11.5 Å². The number of hydrogen-bond donors (Lipinski definition) is 2. The van der Waals surface area contributed by atoms with E-state index < -0.39 is 0 Å². The van der Waals surface area contributed by atoms with Crippen LogP contribution in [0.15, 0.2) is 42.5 Å². The molecule has 0 radical (unpaired) electrons. The number of anilines is 1. The van der Waals surface area contributed by atoms with Gasteiger partial charge in [-0.15, -0.1) is 0 Å². The number of ether oxygens (including phenoxy) is 2. The predicted octanol–water partition coefficient (Wildman–Crippen LogP) is 2.86. The van der Waals surface area contributed by atoms with Crippen LogP contribution in [0.1, 0.15) is 34.9 Å². The van der Waals surface area contributed by atoms with Gasteiger partial charge < -0.3 is 20.1 Å². The summed E-state index contributed by atoms with van der Waals surface area (Å²) in [5.74, 6) is 0.513. The first kappa shape index (κ1) is 15.5. The molecule has 2 aromatic carbocycles. The van der Waals surface area contributed by atoms with E-state index in [1.165, 1.54) is 7.11 Å². The summed E-state index contributed by atoms with van der Waals surface area (Å²) in [6, 6.07) is 12.6. The smallest absolute Gasteiger partial charge is 0.314 e. The van der Waals surface area contributed by atoms with Gasteiger partial charge in [0.15, 0.2) is 11.5 Å². The van der Waals surface area contributed by atoms with Crippen LogP contribution in [0, 0.1) is 5.92 Å². The van der Waals surface area contributed by atoms with E-state index >= 15 is 0 Å². The number of carbonyl (C=O) groups is 2. The summed E-state index contributed by atoms with van der Waals surface area (Å²) < 4.78 is 10.8. The van der Waals surface area contributed by atoms with E-state index in [1.54, 1.807) is 18.2 Å². The summed E-state index contributed by atoms with van der Waals surface area (Å²) in [5.41, 5.74) is 2.20. The fraction of sp³-hybridized carbons (Fsp3) is 0.263. The Bertz CT molecular complexity index is 845. The topological polar surface area (TPSA) is 76.7 Å². The molecule has 1 saturated carbocycles. The summed E-state index contributed by atoms with van der Waals surface area (Å²) in [5, 5.41) is 6.20. The van der Waals surface area contributed by atoms with Gasteiger partial charge in [-0.25, -0.2) is 0 Å². The fourth-order valence-electron chi connectivity index (χ4n) is 2.83. The number of rotatable bonds is 4. The maximum atomic E-state index is 12.3. The monoisotopic (exact) mass is 338 g/mol. The van der Waals surface area contributed by atoms with E-state index in [0.717, 1.165) is 24.1 Å². The number of esters is 1. The second kappa shape index (κ2) is 6.12. The minimum atomic E-state index is -0.385. The summed E-state index contributed by atoms with van der Waals surface area (Å²) in [6.07, 6.45) is 1.39. The lowest BCUT2D eigenvalue weighted by Gasteiger charge is -2.28. The summed E-state index contributed by atoms with van der Waals surface area (Å²) in [7, 11) is 1.52. The van der Waals surface area contributed by atoms with E-state index in [0.29, 0.717) is 17.1 Å². The van der Waals surface area contributed by atoms with Crippen molar-refractivity contribution in [2.45, 2.75) is 19.0 Å². The average molecular weight is 338 g/mol. The van der Waals surface area contributed by atoms with Crippen LogP contribution in [-0.4, -0.2) is 19.0 Å². The van der Waals surface area contributed by atoms with E-state index in [2.05, 4.69) is 10.6 Å². The van der Waals surface area contributed by atoms with Crippen LogP contribution in [0.2, 0.25) is 0 Å². The lowest BCUT2D eigenvalue weighted by Crippen LogP contribution is -2.38. The zero-order valence-electron chi connectivity index (χ0n) is 13.7. The van der Waals surface area contributed by atoms with Crippen LogP contribution in [0.25, 0.3) is 0 Å². The average Bonchev–Trinajstić information content (AvgIpc) is 3.47. The van der Waals surface area contributed by atoms with Gasteiger partial charge in [-0.05, 0) is 42.7 Å². The maximum Gasteiger partial charge on any atom is 0.314 e. The van der Waals surface area contributed by atoms with Crippen molar-refractivity contribution in [3.05, 3.63) is 53.6 Å². The van der Waals surface area contributed by atoms with Crippen molar-refractivity contribution in [2.24, 2.45) is 5.92 Å². The molecule has 1 aliphatic carbocycles. The van der Waals surface area contributed by atoms with Crippen molar-refractivity contribution < 1.29 is 19.1 Å². The molecule has 2 aromatic rings. The summed E-state index contributed by atoms with van der Waals surface area (Å²) in [4.78, 5) is 24.1. The molecule has 1 atom stereocenters. The highest BCUT2D eigenvalue weighted by atomic mass is 16.6. The Morgan fingerprint density at radius 1 is 1.08 bits per heavy atom. The highest BCUT2D eigenvalue weighted by Gasteiger charge is 2.32. The molecule has 6 nitrogen and oxygen atoms in total. The fourth-order valence-corrected chi connectivity index (χ4v) is 2.83. The molecule has 0 bridgehead atoms. The standard InChI is InChI=1S/C19H18N2O4/c1-24-16-10-12(8-9-15(16)25-19(23)11-6-7-11)17-20-14-5-3-2-4-13(14)18(22)21-17/h2-5,8-11,17,20H,6-7H2,1H3,(H,21,22)/t17-/m0/s1. The normalized spacial score (nSPS) is 18.6. The van der Waals surface area contributed by atoms with Crippen molar-refractivity contribution in [1.82, 2.24) is 5.32 Å². The van der Waals surface area contributed by atoms with Crippen LogP contribution >= 0.6 is 0 Å². The number of nitrogens with one attached hydrogen (secondary N) is 2. The molecule has 1 heterocycles. The van der Waals surface area contributed by atoms with E-state index in [9.17, 15) is 9.59 Å². The lowest BCUT2D eigenvalue weighted by atomic mass is 10.1. The molecule has 1 aliphatic heterocycles. The highest BCUT2D eigenvalue weighted by Crippen LogP contribution is 2.36. The third-order valence-electron chi connectivity index (χ3n) is 4.39. The zero-order valence-corrected chi connectivity index (χ0v) is 13.7.